The number of esters is 7. The number of carbonyl (C=O) groups excluding carboxylic acids is 7. The third-order valence-corrected chi connectivity index (χ3v) is 6.77. The van der Waals surface area contributed by atoms with Crippen LogP contribution in [0.1, 0.15) is 79.1 Å². The molecule has 0 fully saturated rings. The Hall–Kier alpha value is -4.52. The first-order valence-electron chi connectivity index (χ1n) is 18.6. The summed E-state index contributed by atoms with van der Waals surface area (Å²) >= 11 is 0. The Bertz CT molecular complexity index is 1300. The fraction of sp³-hybridized carbons (Fsp3) is 0.778. The molecule has 0 aromatic carbocycles. The molecule has 0 aliphatic heterocycles. The first-order chi connectivity index (χ1) is 27.6. The van der Waals surface area contributed by atoms with E-state index in [1.165, 1.54) is 27.7 Å². The molecule has 0 saturated heterocycles. The van der Waals surface area contributed by atoms with Gasteiger partial charge in [-0.1, -0.05) is 0 Å². The second kappa shape index (κ2) is 31.4. The number of carbonyl (C=O) groups is 8. The van der Waals surface area contributed by atoms with Gasteiger partial charge in [-0.2, -0.15) is 0 Å². The standard InChI is InChI=1S/C36H58O23/c1-21(37)9-33(47)53-14-25(41)13-51-15-27(58-35(49)11-23(3)39)19-55-31(45)8-7-30(44)54-18-26(57-32(46)6-5-29(42)43)16-52-17-28(59-36(50)12-24(4)40)20-56-34(48)10-22(2)38/h21-28,37-41H,5-20H2,1-4H3,(H,42,43). The second-order valence-electron chi connectivity index (χ2n) is 13.4. The lowest BCUT2D eigenvalue weighted by Gasteiger charge is -2.21. The van der Waals surface area contributed by atoms with Gasteiger partial charge in [-0.25, -0.2) is 0 Å². The summed E-state index contributed by atoms with van der Waals surface area (Å²) in [5, 5.41) is 56.4. The van der Waals surface area contributed by atoms with Crippen LogP contribution in [0.2, 0.25) is 0 Å². The van der Waals surface area contributed by atoms with Crippen LogP contribution in [0, 0.1) is 0 Å². The van der Waals surface area contributed by atoms with Crippen molar-refractivity contribution in [1.82, 2.24) is 0 Å². The third-order valence-electron chi connectivity index (χ3n) is 6.77. The lowest BCUT2D eigenvalue weighted by Crippen LogP contribution is -2.34. The Kier molecular flexibility index (Phi) is 29.0. The average molecular weight is 859 g/mol. The van der Waals surface area contributed by atoms with Crippen molar-refractivity contribution in [3.05, 3.63) is 0 Å². The number of rotatable bonds is 33. The summed E-state index contributed by atoms with van der Waals surface area (Å²) in [5.41, 5.74) is 0. The van der Waals surface area contributed by atoms with Gasteiger partial charge in [0.25, 0.3) is 0 Å². The summed E-state index contributed by atoms with van der Waals surface area (Å²) in [6, 6.07) is 0. The van der Waals surface area contributed by atoms with Crippen molar-refractivity contribution in [3.8, 4) is 0 Å². The number of hydrogen-bond donors (Lipinski definition) is 6. The molecule has 0 spiro atoms. The highest BCUT2D eigenvalue weighted by Crippen LogP contribution is 2.08. The predicted octanol–water partition coefficient (Wildman–Crippen LogP) is -1.98. The Balaban J connectivity index is 5.27. The minimum atomic E-state index is -1.34. The van der Waals surface area contributed by atoms with Gasteiger partial charge in [0, 0.05) is 0 Å². The van der Waals surface area contributed by atoms with Crippen LogP contribution < -0.4 is 0 Å². The summed E-state index contributed by atoms with van der Waals surface area (Å²) in [6.07, 6.45) is -12.9. The van der Waals surface area contributed by atoms with Crippen molar-refractivity contribution in [2.75, 3.05) is 52.9 Å². The van der Waals surface area contributed by atoms with Gasteiger partial charge in [0.1, 0.15) is 32.5 Å². The molecule has 23 nitrogen and oxygen atoms in total. The van der Waals surface area contributed by atoms with Crippen molar-refractivity contribution in [1.29, 1.82) is 0 Å². The zero-order chi connectivity index (χ0) is 44.9. The molecule has 59 heavy (non-hydrogen) atoms. The number of carboxylic acids is 1. The van der Waals surface area contributed by atoms with Crippen molar-refractivity contribution in [2.45, 2.75) is 128 Å². The topological polar surface area (TPSA) is 341 Å². The van der Waals surface area contributed by atoms with Gasteiger partial charge in [0.05, 0.1) is 102 Å². The highest BCUT2D eigenvalue weighted by atomic mass is 16.6. The minimum Gasteiger partial charge on any atom is -0.481 e. The molecule has 8 unspecified atom stereocenters. The largest absolute Gasteiger partial charge is 0.481 e. The summed E-state index contributed by atoms with van der Waals surface area (Å²) in [7, 11) is 0. The monoisotopic (exact) mass is 858 g/mol. The maximum Gasteiger partial charge on any atom is 0.308 e. The van der Waals surface area contributed by atoms with Crippen LogP contribution >= 0.6 is 0 Å². The van der Waals surface area contributed by atoms with Crippen molar-refractivity contribution >= 4 is 47.8 Å². The highest BCUT2D eigenvalue weighted by Gasteiger charge is 2.24. The van der Waals surface area contributed by atoms with Gasteiger partial charge in [0.2, 0.25) is 0 Å². The van der Waals surface area contributed by atoms with E-state index in [4.69, 9.17) is 47.7 Å². The quantitative estimate of drug-likeness (QED) is 0.0307. The SMILES string of the molecule is CC(O)CC(=O)OCC(O)COCC(COC(=O)CCC(=O)OCC(COCC(COC(=O)CC(C)O)OC(=O)CC(C)O)OC(=O)CCC(=O)O)OC(=O)CC(C)O. The number of aliphatic carboxylic acids is 1. The Morgan fingerprint density at radius 2 is 0.678 bits per heavy atom. The molecular formula is C36H58O23. The van der Waals surface area contributed by atoms with E-state index in [9.17, 15) is 63.9 Å². The van der Waals surface area contributed by atoms with Gasteiger partial charge in [-0.3, -0.25) is 38.4 Å². The van der Waals surface area contributed by atoms with E-state index in [-0.39, 0.29) is 12.8 Å². The van der Waals surface area contributed by atoms with Gasteiger partial charge in [0.15, 0.2) is 18.3 Å². The molecule has 0 radical (unpaired) electrons. The van der Waals surface area contributed by atoms with E-state index in [0.717, 1.165) is 0 Å². The molecule has 0 aromatic heterocycles. The Labute approximate surface area is 340 Å². The molecule has 0 saturated carbocycles. The zero-order valence-corrected chi connectivity index (χ0v) is 33.6. The van der Waals surface area contributed by atoms with Crippen LogP contribution in [0.15, 0.2) is 0 Å². The second-order valence-corrected chi connectivity index (χ2v) is 13.4. The van der Waals surface area contributed by atoms with Crippen molar-refractivity contribution in [2.24, 2.45) is 0 Å². The first-order valence-corrected chi connectivity index (χ1v) is 18.6. The lowest BCUT2D eigenvalue weighted by atomic mass is 10.3. The molecule has 0 aliphatic rings. The first kappa shape index (κ1) is 54.5. The summed E-state index contributed by atoms with van der Waals surface area (Å²) in [5.74, 6) is -7.52. The number of aliphatic hydroxyl groups excluding tert-OH is 5. The summed E-state index contributed by atoms with van der Waals surface area (Å²) in [6.45, 7) is 1.42. The van der Waals surface area contributed by atoms with Crippen LogP contribution in [-0.2, 0) is 81.0 Å². The molecular weight excluding hydrogens is 800 g/mol. The van der Waals surface area contributed by atoms with Gasteiger partial charge >= 0.3 is 47.8 Å². The van der Waals surface area contributed by atoms with Crippen molar-refractivity contribution in [3.63, 3.8) is 0 Å². The fourth-order valence-corrected chi connectivity index (χ4v) is 4.16. The van der Waals surface area contributed by atoms with E-state index in [0.29, 0.717) is 0 Å². The molecule has 8 atom stereocenters. The van der Waals surface area contributed by atoms with Crippen molar-refractivity contribution < 1.29 is 112 Å². The van der Waals surface area contributed by atoms with E-state index in [1.54, 1.807) is 0 Å². The fourth-order valence-electron chi connectivity index (χ4n) is 4.16. The Morgan fingerprint density at radius 1 is 0.373 bits per heavy atom. The number of carboxylic acid groups (broad SMARTS) is 1. The molecule has 0 aliphatic carbocycles. The summed E-state index contributed by atoms with van der Waals surface area (Å²) in [4.78, 5) is 95.8. The minimum absolute atomic E-state index is 0.288. The van der Waals surface area contributed by atoms with Crippen LogP contribution in [0.3, 0.4) is 0 Å². The maximum absolute atomic E-state index is 12.5. The van der Waals surface area contributed by atoms with Gasteiger partial charge in [-0.15, -0.1) is 0 Å². The molecule has 0 amide bonds. The molecule has 0 bridgehead atoms. The summed E-state index contributed by atoms with van der Waals surface area (Å²) < 4.78 is 46.3. The van der Waals surface area contributed by atoms with E-state index in [1.807, 2.05) is 0 Å². The smallest absolute Gasteiger partial charge is 0.308 e. The van der Waals surface area contributed by atoms with Gasteiger partial charge in [-0.05, 0) is 27.7 Å². The van der Waals surface area contributed by atoms with Crippen LogP contribution in [0.4, 0.5) is 0 Å². The van der Waals surface area contributed by atoms with Crippen LogP contribution in [0.25, 0.3) is 0 Å². The maximum atomic E-state index is 12.5. The molecule has 0 heterocycles. The number of hydrogen-bond acceptors (Lipinski definition) is 22. The van der Waals surface area contributed by atoms with E-state index < -0.39 is 188 Å². The van der Waals surface area contributed by atoms with Gasteiger partial charge < -0.3 is 73.3 Å². The lowest BCUT2D eigenvalue weighted by molar-refractivity contribution is -0.170. The third kappa shape index (κ3) is 33.1. The highest BCUT2D eigenvalue weighted by molar-refractivity contribution is 5.78. The van der Waals surface area contributed by atoms with Crippen LogP contribution in [0.5, 0.6) is 0 Å². The normalized spacial score (nSPS) is 15.1. The van der Waals surface area contributed by atoms with E-state index in [2.05, 4.69) is 0 Å². The number of aliphatic hydroxyl groups is 5. The predicted molar refractivity (Wildman–Crippen MR) is 192 cm³/mol. The molecule has 340 valence electrons. The average Bonchev–Trinajstić information content (AvgIpc) is 3.10. The Morgan fingerprint density at radius 3 is 1.05 bits per heavy atom. The van der Waals surface area contributed by atoms with E-state index >= 15 is 0 Å². The van der Waals surface area contributed by atoms with Crippen LogP contribution in [-0.4, -0.2) is 180 Å². The molecule has 0 rings (SSSR count). The molecule has 6 N–H and O–H groups in total. The molecule has 23 heteroatoms. The molecule has 0 aromatic rings. The zero-order valence-electron chi connectivity index (χ0n) is 33.6. The number of ether oxygens (including phenoxy) is 9.